The van der Waals surface area contributed by atoms with Crippen LogP contribution in [0.25, 0.3) is 0 Å². The molecule has 1 rings (SSSR count). The number of carbonyl (C=O) groups excluding carboxylic acids is 1. The van der Waals surface area contributed by atoms with E-state index in [0.29, 0.717) is 26.3 Å². The first-order valence-corrected chi connectivity index (χ1v) is 4.42. The van der Waals surface area contributed by atoms with Crippen molar-refractivity contribution < 1.29 is 9.53 Å². The molecule has 0 aliphatic carbocycles. The molecular weight excluding hydrogens is 166 g/mol. The Morgan fingerprint density at radius 2 is 2.08 bits per heavy atom. The van der Waals surface area contributed by atoms with Gasteiger partial charge in [0.25, 0.3) is 0 Å². The largest absolute Gasteiger partial charge is 0.378 e. The summed E-state index contributed by atoms with van der Waals surface area (Å²) in [4.78, 5) is 13.4. The van der Waals surface area contributed by atoms with Crippen molar-refractivity contribution in [1.29, 1.82) is 0 Å². The summed E-state index contributed by atoms with van der Waals surface area (Å²) in [6.07, 6.45) is 3.37. The molecule has 1 amide bonds. The SMILES string of the molecule is C=CC=C(C)C(=O)N1CCOCC1. The molecule has 0 unspecified atom stereocenters. The van der Waals surface area contributed by atoms with Crippen LogP contribution in [0.3, 0.4) is 0 Å². The summed E-state index contributed by atoms with van der Waals surface area (Å²) in [6.45, 7) is 8.04. The summed E-state index contributed by atoms with van der Waals surface area (Å²) in [5.74, 6) is 0.0863. The molecule has 1 aliphatic rings. The smallest absolute Gasteiger partial charge is 0.249 e. The van der Waals surface area contributed by atoms with Crippen LogP contribution in [-0.4, -0.2) is 37.1 Å². The zero-order chi connectivity index (χ0) is 9.68. The first-order valence-electron chi connectivity index (χ1n) is 4.42. The minimum absolute atomic E-state index is 0.0863. The number of allylic oxidation sites excluding steroid dienone is 2. The van der Waals surface area contributed by atoms with Gasteiger partial charge in [0.05, 0.1) is 13.2 Å². The maximum Gasteiger partial charge on any atom is 0.249 e. The van der Waals surface area contributed by atoms with E-state index < -0.39 is 0 Å². The van der Waals surface area contributed by atoms with Crippen molar-refractivity contribution in [2.45, 2.75) is 6.92 Å². The molecule has 1 fully saturated rings. The molecule has 13 heavy (non-hydrogen) atoms. The van der Waals surface area contributed by atoms with Gasteiger partial charge in [0.1, 0.15) is 0 Å². The van der Waals surface area contributed by atoms with Gasteiger partial charge in [0, 0.05) is 18.7 Å². The van der Waals surface area contributed by atoms with E-state index in [1.54, 1.807) is 24.0 Å². The lowest BCUT2D eigenvalue weighted by molar-refractivity contribution is -0.131. The Morgan fingerprint density at radius 1 is 1.46 bits per heavy atom. The first kappa shape index (κ1) is 9.99. The van der Waals surface area contributed by atoms with E-state index in [0.717, 1.165) is 5.57 Å². The van der Waals surface area contributed by atoms with E-state index in [4.69, 9.17) is 4.74 Å². The van der Waals surface area contributed by atoms with E-state index in [-0.39, 0.29) is 5.91 Å². The maximum absolute atomic E-state index is 11.6. The third-order valence-electron chi connectivity index (χ3n) is 2.00. The van der Waals surface area contributed by atoms with Gasteiger partial charge >= 0.3 is 0 Å². The predicted molar refractivity (Wildman–Crippen MR) is 51.4 cm³/mol. The van der Waals surface area contributed by atoms with Gasteiger partial charge in [-0.3, -0.25) is 4.79 Å². The highest BCUT2D eigenvalue weighted by Crippen LogP contribution is 2.04. The van der Waals surface area contributed by atoms with Crippen molar-refractivity contribution in [3.05, 3.63) is 24.3 Å². The number of morpholine rings is 1. The molecule has 3 nitrogen and oxygen atoms in total. The maximum atomic E-state index is 11.6. The molecule has 0 bridgehead atoms. The average molecular weight is 181 g/mol. The molecule has 0 N–H and O–H groups in total. The molecule has 1 aliphatic heterocycles. The number of carbonyl (C=O) groups is 1. The van der Waals surface area contributed by atoms with Gasteiger partial charge in [0.2, 0.25) is 5.91 Å². The van der Waals surface area contributed by atoms with Crippen LogP contribution in [0.4, 0.5) is 0 Å². The topological polar surface area (TPSA) is 29.5 Å². The summed E-state index contributed by atoms with van der Waals surface area (Å²) in [6, 6.07) is 0. The summed E-state index contributed by atoms with van der Waals surface area (Å²) in [5.41, 5.74) is 0.733. The standard InChI is InChI=1S/C10H15NO2/c1-3-4-9(2)10(12)11-5-7-13-8-6-11/h3-4H,1,5-8H2,2H3. The highest BCUT2D eigenvalue weighted by atomic mass is 16.5. The van der Waals surface area contributed by atoms with Gasteiger partial charge in [-0.25, -0.2) is 0 Å². The fourth-order valence-electron chi connectivity index (χ4n) is 1.26. The lowest BCUT2D eigenvalue weighted by Crippen LogP contribution is -2.41. The van der Waals surface area contributed by atoms with Crippen LogP contribution in [0.1, 0.15) is 6.92 Å². The minimum atomic E-state index is 0.0863. The van der Waals surface area contributed by atoms with Gasteiger partial charge in [0.15, 0.2) is 0 Å². The molecule has 0 aromatic carbocycles. The second-order valence-corrected chi connectivity index (χ2v) is 2.99. The Kier molecular flexibility index (Phi) is 3.71. The highest BCUT2D eigenvalue weighted by Gasteiger charge is 2.17. The van der Waals surface area contributed by atoms with Gasteiger partial charge < -0.3 is 9.64 Å². The highest BCUT2D eigenvalue weighted by molar-refractivity contribution is 5.93. The van der Waals surface area contributed by atoms with E-state index in [2.05, 4.69) is 6.58 Å². The summed E-state index contributed by atoms with van der Waals surface area (Å²) < 4.78 is 5.16. The second-order valence-electron chi connectivity index (χ2n) is 2.99. The van der Waals surface area contributed by atoms with Crippen LogP contribution in [0.2, 0.25) is 0 Å². The first-order chi connectivity index (χ1) is 6.25. The van der Waals surface area contributed by atoms with Crippen LogP contribution < -0.4 is 0 Å². The van der Waals surface area contributed by atoms with E-state index in [1.807, 2.05) is 0 Å². The molecule has 0 spiro atoms. The van der Waals surface area contributed by atoms with Crippen molar-refractivity contribution in [3.8, 4) is 0 Å². The number of nitrogens with zero attached hydrogens (tertiary/aromatic N) is 1. The lowest BCUT2D eigenvalue weighted by atomic mass is 10.2. The fourth-order valence-corrected chi connectivity index (χ4v) is 1.26. The normalized spacial score (nSPS) is 18.5. The van der Waals surface area contributed by atoms with Crippen molar-refractivity contribution in [2.24, 2.45) is 0 Å². The Balaban J connectivity index is 2.55. The van der Waals surface area contributed by atoms with Crippen LogP contribution in [0.15, 0.2) is 24.3 Å². The number of rotatable bonds is 2. The molecule has 1 saturated heterocycles. The Morgan fingerprint density at radius 3 is 2.62 bits per heavy atom. The van der Waals surface area contributed by atoms with Gasteiger partial charge in [-0.15, -0.1) is 0 Å². The lowest BCUT2D eigenvalue weighted by Gasteiger charge is -2.26. The third-order valence-corrected chi connectivity index (χ3v) is 2.00. The quantitative estimate of drug-likeness (QED) is 0.469. The number of hydrogen-bond donors (Lipinski definition) is 0. The molecular formula is C10H15NO2. The monoisotopic (exact) mass is 181 g/mol. The van der Waals surface area contributed by atoms with Gasteiger partial charge in [-0.2, -0.15) is 0 Å². The summed E-state index contributed by atoms with van der Waals surface area (Å²) >= 11 is 0. The minimum Gasteiger partial charge on any atom is -0.378 e. The Hall–Kier alpha value is -1.09. The van der Waals surface area contributed by atoms with E-state index in [1.165, 1.54) is 0 Å². The second kappa shape index (κ2) is 4.82. The van der Waals surface area contributed by atoms with Crippen molar-refractivity contribution in [1.82, 2.24) is 4.90 Å². The Labute approximate surface area is 78.7 Å². The summed E-state index contributed by atoms with van der Waals surface area (Å²) in [5, 5.41) is 0. The van der Waals surface area contributed by atoms with Crippen LogP contribution in [-0.2, 0) is 9.53 Å². The van der Waals surface area contributed by atoms with Crippen molar-refractivity contribution in [3.63, 3.8) is 0 Å². The fraction of sp³-hybridized carbons (Fsp3) is 0.500. The van der Waals surface area contributed by atoms with Crippen LogP contribution in [0.5, 0.6) is 0 Å². The van der Waals surface area contributed by atoms with Crippen molar-refractivity contribution in [2.75, 3.05) is 26.3 Å². The predicted octanol–water partition coefficient (Wildman–Crippen LogP) is 0.977. The number of amides is 1. The third kappa shape index (κ3) is 2.70. The van der Waals surface area contributed by atoms with Crippen LogP contribution in [0, 0.1) is 0 Å². The zero-order valence-corrected chi connectivity index (χ0v) is 7.95. The van der Waals surface area contributed by atoms with Gasteiger partial charge in [-0.1, -0.05) is 18.7 Å². The molecule has 0 atom stereocenters. The van der Waals surface area contributed by atoms with Crippen molar-refractivity contribution >= 4 is 5.91 Å². The average Bonchev–Trinajstić information content (AvgIpc) is 2.18. The van der Waals surface area contributed by atoms with E-state index >= 15 is 0 Å². The molecule has 72 valence electrons. The van der Waals surface area contributed by atoms with Gasteiger partial charge in [-0.05, 0) is 6.92 Å². The molecule has 0 aromatic rings. The Bertz CT molecular complexity index is 227. The number of hydrogen-bond acceptors (Lipinski definition) is 2. The van der Waals surface area contributed by atoms with E-state index in [9.17, 15) is 4.79 Å². The number of ether oxygens (including phenoxy) is 1. The molecule has 0 radical (unpaired) electrons. The zero-order valence-electron chi connectivity index (χ0n) is 7.95. The summed E-state index contributed by atoms with van der Waals surface area (Å²) in [7, 11) is 0. The molecule has 3 heteroatoms. The molecule has 1 heterocycles. The molecule has 0 aromatic heterocycles. The molecule has 0 saturated carbocycles. The van der Waals surface area contributed by atoms with Crippen LogP contribution >= 0.6 is 0 Å².